The number of thioether (sulfide) groups is 1. The Morgan fingerprint density at radius 2 is 1.85 bits per heavy atom. The maximum atomic E-state index is 12.9. The third-order valence-electron chi connectivity index (χ3n) is 5.30. The molecule has 4 rings (SSSR count). The number of fused-ring (bicyclic) bond motifs is 1. The summed E-state index contributed by atoms with van der Waals surface area (Å²) in [6, 6.07) is 12.9. The van der Waals surface area contributed by atoms with E-state index in [-0.39, 0.29) is 22.8 Å². The van der Waals surface area contributed by atoms with Gasteiger partial charge < -0.3 is 15.3 Å². The number of carbonyl (C=O) groups is 2. The first kappa shape index (κ1) is 17.9. The second-order valence-corrected chi connectivity index (χ2v) is 8.50. The van der Waals surface area contributed by atoms with Crippen LogP contribution in [0.1, 0.15) is 41.6 Å². The van der Waals surface area contributed by atoms with Crippen LogP contribution in [0.4, 0.5) is 5.69 Å². The normalized spacial score (nSPS) is 20.1. The Kier molecular flexibility index (Phi) is 4.83. The Labute approximate surface area is 162 Å². The molecule has 0 radical (unpaired) electrons. The summed E-state index contributed by atoms with van der Waals surface area (Å²) in [5.74, 6) is 0.681. The highest BCUT2D eigenvalue weighted by molar-refractivity contribution is 8.00. The predicted molar refractivity (Wildman–Crippen MR) is 106 cm³/mol. The van der Waals surface area contributed by atoms with Crippen LogP contribution in [0, 0.1) is 0 Å². The van der Waals surface area contributed by atoms with E-state index in [0.717, 1.165) is 23.4 Å². The summed E-state index contributed by atoms with van der Waals surface area (Å²) in [4.78, 5) is 27.7. The first-order chi connectivity index (χ1) is 13.0. The van der Waals surface area contributed by atoms with Crippen molar-refractivity contribution in [3.05, 3.63) is 53.6 Å². The smallest absolute Gasteiger partial charge is 0.253 e. The van der Waals surface area contributed by atoms with Gasteiger partial charge in [-0.15, -0.1) is 11.8 Å². The Balaban J connectivity index is 1.43. The third kappa shape index (κ3) is 3.67. The molecule has 2 heterocycles. The SMILES string of the molecule is CC1Sc2ccc(C(=O)N3CCC(c4ccc(O)cc4)CC3)cc2NC1=O. The summed E-state index contributed by atoms with van der Waals surface area (Å²) < 4.78 is 0. The fraction of sp³-hybridized carbons (Fsp3) is 0.333. The molecule has 1 fully saturated rings. The van der Waals surface area contributed by atoms with E-state index in [4.69, 9.17) is 0 Å². The van der Waals surface area contributed by atoms with E-state index >= 15 is 0 Å². The first-order valence-corrected chi connectivity index (χ1v) is 10.1. The molecule has 5 nitrogen and oxygen atoms in total. The number of amides is 2. The standard InChI is InChI=1S/C21H22N2O3S/c1-13-20(25)22-18-12-16(4-7-19(18)27-13)21(26)23-10-8-15(9-11-23)14-2-5-17(24)6-3-14/h2-7,12-13,15,24H,8-11H2,1H3,(H,22,25). The Bertz CT molecular complexity index is 873. The van der Waals surface area contributed by atoms with Gasteiger partial charge in [0.1, 0.15) is 5.75 Å². The summed E-state index contributed by atoms with van der Waals surface area (Å²) in [5, 5.41) is 12.2. The van der Waals surface area contributed by atoms with Crippen LogP contribution < -0.4 is 5.32 Å². The number of piperidine rings is 1. The lowest BCUT2D eigenvalue weighted by atomic mass is 9.89. The van der Waals surface area contributed by atoms with Crippen molar-refractivity contribution in [3.8, 4) is 5.75 Å². The van der Waals surface area contributed by atoms with Gasteiger partial charge in [-0.25, -0.2) is 0 Å². The molecule has 2 aliphatic heterocycles. The molecule has 0 aromatic heterocycles. The highest BCUT2D eigenvalue weighted by Crippen LogP contribution is 2.36. The number of likely N-dealkylation sites (tertiary alicyclic amines) is 1. The highest BCUT2D eigenvalue weighted by Gasteiger charge is 2.27. The quantitative estimate of drug-likeness (QED) is 0.828. The van der Waals surface area contributed by atoms with Crippen LogP contribution in [0.15, 0.2) is 47.4 Å². The molecule has 1 saturated heterocycles. The van der Waals surface area contributed by atoms with E-state index in [1.165, 1.54) is 17.3 Å². The van der Waals surface area contributed by atoms with E-state index in [0.29, 0.717) is 24.6 Å². The lowest BCUT2D eigenvalue weighted by molar-refractivity contribution is -0.115. The van der Waals surface area contributed by atoms with Gasteiger partial charge in [0, 0.05) is 23.5 Å². The van der Waals surface area contributed by atoms with Crippen LogP contribution in [0.2, 0.25) is 0 Å². The van der Waals surface area contributed by atoms with Crippen LogP contribution in [0.25, 0.3) is 0 Å². The lowest BCUT2D eigenvalue weighted by Crippen LogP contribution is -2.38. The first-order valence-electron chi connectivity index (χ1n) is 9.21. The van der Waals surface area contributed by atoms with Gasteiger partial charge in [-0.3, -0.25) is 9.59 Å². The third-order valence-corrected chi connectivity index (χ3v) is 6.48. The summed E-state index contributed by atoms with van der Waals surface area (Å²) in [6.45, 7) is 3.29. The number of hydrogen-bond acceptors (Lipinski definition) is 4. The van der Waals surface area contributed by atoms with Crippen molar-refractivity contribution in [2.24, 2.45) is 0 Å². The second kappa shape index (κ2) is 7.27. The zero-order chi connectivity index (χ0) is 19.0. The molecule has 2 aromatic carbocycles. The maximum absolute atomic E-state index is 12.9. The molecule has 2 aromatic rings. The van der Waals surface area contributed by atoms with Crippen molar-refractivity contribution in [2.75, 3.05) is 18.4 Å². The number of carbonyl (C=O) groups excluding carboxylic acids is 2. The van der Waals surface area contributed by atoms with E-state index < -0.39 is 0 Å². The van der Waals surface area contributed by atoms with Crippen molar-refractivity contribution in [2.45, 2.75) is 35.8 Å². The van der Waals surface area contributed by atoms with Crippen LogP contribution >= 0.6 is 11.8 Å². The van der Waals surface area contributed by atoms with Gasteiger partial charge >= 0.3 is 0 Å². The van der Waals surface area contributed by atoms with Crippen LogP contribution in [-0.4, -0.2) is 40.2 Å². The van der Waals surface area contributed by atoms with E-state index in [9.17, 15) is 14.7 Å². The molecule has 2 N–H and O–H groups in total. The maximum Gasteiger partial charge on any atom is 0.253 e. The number of phenols is 1. The number of hydrogen-bond donors (Lipinski definition) is 2. The number of anilines is 1. The highest BCUT2D eigenvalue weighted by atomic mass is 32.2. The minimum Gasteiger partial charge on any atom is -0.508 e. The number of rotatable bonds is 2. The molecule has 27 heavy (non-hydrogen) atoms. The molecule has 0 aliphatic carbocycles. The zero-order valence-corrected chi connectivity index (χ0v) is 16.0. The molecular formula is C21H22N2O3S. The zero-order valence-electron chi connectivity index (χ0n) is 15.1. The van der Waals surface area contributed by atoms with Crippen molar-refractivity contribution in [3.63, 3.8) is 0 Å². The second-order valence-electron chi connectivity index (χ2n) is 7.12. The largest absolute Gasteiger partial charge is 0.508 e. The molecule has 0 saturated carbocycles. The van der Waals surface area contributed by atoms with Gasteiger partial charge in [0.15, 0.2) is 0 Å². The van der Waals surface area contributed by atoms with Crippen molar-refractivity contribution >= 4 is 29.3 Å². The fourth-order valence-electron chi connectivity index (χ4n) is 3.69. The van der Waals surface area contributed by atoms with Gasteiger partial charge in [-0.1, -0.05) is 12.1 Å². The van der Waals surface area contributed by atoms with Gasteiger partial charge in [0.2, 0.25) is 5.91 Å². The molecule has 0 spiro atoms. The number of phenolic OH excluding ortho intramolecular Hbond substituents is 1. The molecule has 1 unspecified atom stereocenters. The molecular weight excluding hydrogens is 360 g/mol. The topological polar surface area (TPSA) is 69.6 Å². The molecule has 0 bridgehead atoms. The summed E-state index contributed by atoms with van der Waals surface area (Å²) in [5.41, 5.74) is 2.56. The van der Waals surface area contributed by atoms with Crippen LogP contribution in [-0.2, 0) is 4.79 Å². The van der Waals surface area contributed by atoms with E-state index in [1.807, 2.05) is 36.1 Å². The molecule has 2 aliphatic rings. The lowest BCUT2D eigenvalue weighted by Gasteiger charge is -2.32. The van der Waals surface area contributed by atoms with Gasteiger partial charge in [-0.05, 0) is 61.6 Å². The molecule has 2 amide bonds. The Morgan fingerprint density at radius 1 is 1.15 bits per heavy atom. The van der Waals surface area contributed by atoms with Crippen molar-refractivity contribution in [1.82, 2.24) is 4.90 Å². The summed E-state index contributed by atoms with van der Waals surface area (Å²) in [6.07, 6.45) is 1.82. The average Bonchev–Trinajstić information content (AvgIpc) is 2.69. The summed E-state index contributed by atoms with van der Waals surface area (Å²) >= 11 is 1.52. The number of nitrogens with zero attached hydrogens (tertiary/aromatic N) is 1. The summed E-state index contributed by atoms with van der Waals surface area (Å²) in [7, 11) is 0. The predicted octanol–water partition coefficient (Wildman–Crippen LogP) is 3.84. The van der Waals surface area contributed by atoms with Gasteiger partial charge in [-0.2, -0.15) is 0 Å². The molecule has 6 heteroatoms. The van der Waals surface area contributed by atoms with Gasteiger partial charge in [0.05, 0.1) is 10.9 Å². The number of aromatic hydroxyl groups is 1. The van der Waals surface area contributed by atoms with Crippen molar-refractivity contribution in [1.29, 1.82) is 0 Å². The van der Waals surface area contributed by atoms with Crippen LogP contribution in [0.3, 0.4) is 0 Å². The average molecular weight is 382 g/mol. The minimum atomic E-state index is -0.113. The van der Waals surface area contributed by atoms with E-state index in [2.05, 4.69) is 5.32 Å². The van der Waals surface area contributed by atoms with Crippen molar-refractivity contribution < 1.29 is 14.7 Å². The monoisotopic (exact) mass is 382 g/mol. The molecule has 1 atom stereocenters. The van der Waals surface area contributed by atoms with Gasteiger partial charge in [0.25, 0.3) is 5.91 Å². The Hall–Kier alpha value is -2.47. The minimum absolute atomic E-state index is 0.0137. The number of benzene rings is 2. The van der Waals surface area contributed by atoms with E-state index in [1.54, 1.807) is 18.2 Å². The number of nitrogens with one attached hydrogen (secondary N) is 1. The van der Waals surface area contributed by atoms with Crippen LogP contribution in [0.5, 0.6) is 5.75 Å². The fourth-order valence-corrected chi connectivity index (χ4v) is 4.62. The molecule has 140 valence electrons. The Morgan fingerprint density at radius 3 is 2.56 bits per heavy atom.